The van der Waals surface area contributed by atoms with Gasteiger partial charge in [0.25, 0.3) is 0 Å². The largest absolute Gasteiger partial charge is 0.378 e. The molecule has 0 bridgehead atoms. The number of rotatable bonds is 1. The van der Waals surface area contributed by atoms with E-state index in [1.54, 1.807) is 25.1 Å². The maximum atomic E-state index is 13.3. The minimum Gasteiger partial charge on any atom is -0.378 e. The molecule has 1 heterocycles. The van der Waals surface area contributed by atoms with Crippen LogP contribution in [0.25, 0.3) is 0 Å². The van der Waals surface area contributed by atoms with Crippen molar-refractivity contribution in [3.63, 3.8) is 0 Å². The van der Waals surface area contributed by atoms with Crippen molar-refractivity contribution in [3.8, 4) is 11.8 Å². The summed E-state index contributed by atoms with van der Waals surface area (Å²) in [7, 11) is 3.99. The first-order valence-electron chi connectivity index (χ1n) is 6.90. The summed E-state index contributed by atoms with van der Waals surface area (Å²) in [5.74, 6) is 6.04. The molecule has 0 aliphatic rings. The van der Waals surface area contributed by atoms with Gasteiger partial charge in [-0.25, -0.2) is 4.98 Å². The highest BCUT2D eigenvalue weighted by molar-refractivity contribution is 5.50. The van der Waals surface area contributed by atoms with Crippen molar-refractivity contribution in [2.24, 2.45) is 0 Å². The van der Waals surface area contributed by atoms with Crippen molar-refractivity contribution < 1.29 is 4.39 Å². The summed E-state index contributed by atoms with van der Waals surface area (Å²) in [6.07, 6.45) is 0. The smallest absolute Gasteiger partial charge is 0.214 e. The highest BCUT2D eigenvalue weighted by Crippen LogP contribution is 2.11. The Labute approximate surface area is 130 Å². The van der Waals surface area contributed by atoms with E-state index < -0.39 is 5.95 Å². The van der Waals surface area contributed by atoms with Gasteiger partial charge in [-0.05, 0) is 49.2 Å². The number of H-pyrrole nitrogens is 1. The first-order chi connectivity index (χ1) is 10.5. The second-order valence-electron chi connectivity index (χ2n) is 4.97. The van der Waals surface area contributed by atoms with Crippen molar-refractivity contribution in [1.29, 1.82) is 0 Å². The monoisotopic (exact) mass is 295 g/mol. The summed E-state index contributed by atoms with van der Waals surface area (Å²) in [5.41, 5.74) is 2.70. The maximum absolute atomic E-state index is 13.3. The number of halogens is 1. The molecule has 112 valence electrons. The Kier molecular flexibility index (Phi) is 5.16. The van der Waals surface area contributed by atoms with E-state index in [-0.39, 0.29) is 0 Å². The second-order valence-corrected chi connectivity index (χ2v) is 4.97. The topological polar surface area (TPSA) is 31.9 Å². The van der Waals surface area contributed by atoms with E-state index in [0.29, 0.717) is 11.5 Å². The highest BCUT2D eigenvalue weighted by atomic mass is 19.1. The van der Waals surface area contributed by atoms with Crippen LogP contribution in [0, 0.1) is 24.7 Å². The van der Waals surface area contributed by atoms with Gasteiger partial charge in [0.2, 0.25) is 5.95 Å². The van der Waals surface area contributed by atoms with Gasteiger partial charge in [0.1, 0.15) is 5.82 Å². The first-order valence-corrected chi connectivity index (χ1v) is 6.90. The van der Waals surface area contributed by atoms with Crippen LogP contribution in [0.2, 0.25) is 0 Å². The summed E-state index contributed by atoms with van der Waals surface area (Å²) in [4.78, 5) is 8.79. The Morgan fingerprint density at radius 2 is 1.68 bits per heavy atom. The molecule has 4 heteroatoms. The third-order valence-electron chi connectivity index (χ3n) is 2.92. The van der Waals surface area contributed by atoms with E-state index in [4.69, 9.17) is 0 Å². The lowest BCUT2D eigenvalue weighted by molar-refractivity contribution is 0.580. The normalized spacial score (nSPS) is 9.45. The second kappa shape index (κ2) is 7.28. The van der Waals surface area contributed by atoms with Gasteiger partial charge in [-0.15, -0.1) is 0 Å². The van der Waals surface area contributed by atoms with Crippen LogP contribution in [0.3, 0.4) is 0 Å². The Morgan fingerprint density at radius 3 is 2.36 bits per heavy atom. The van der Waals surface area contributed by atoms with Crippen LogP contribution in [0.5, 0.6) is 0 Å². The van der Waals surface area contributed by atoms with Crippen LogP contribution in [0.15, 0.2) is 48.5 Å². The fraction of sp³-hybridized carbons (Fsp3) is 0.167. The molecule has 0 amide bonds. The van der Waals surface area contributed by atoms with Gasteiger partial charge < -0.3 is 9.88 Å². The molecule has 2 aromatic rings. The molecule has 1 aromatic carbocycles. The molecule has 0 saturated heterocycles. The number of nitrogens with one attached hydrogen (secondary N) is 1. The standard InChI is InChI=1S/C18H18FN3/c1-14-20-16(6-4-5-7-18(19)21-14)11-8-15-9-12-17(13-10-15)22(2)3/h4-7,9-10,12-13H,1-3H3,(H,20,21). The molecule has 2 rings (SSSR count). The number of aromatic nitrogens is 2. The number of anilines is 1. The van der Waals surface area contributed by atoms with E-state index >= 15 is 0 Å². The van der Waals surface area contributed by atoms with Crippen molar-refractivity contribution >= 4 is 5.69 Å². The average molecular weight is 295 g/mol. The lowest BCUT2D eigenvalue weighted by Gasteiger charge is -2.11. The Hall–Kier alpha value is -2.80. The van der Waals surface area contributed by atoms with E-state index in [0.717, 1.165) is 11.3 Å². The van der Waals surface area contributed by atoms with Gasteiger partial charge in [0.15, 0.2) is 0 Å². The lowest BCUT2D eigenvalue weighted by Crippen LogP contribution is -2.07. The molecule has 0 spiro atoms. The molecule has 0 aliphatic heterocycles. The molecular weight excluding hydrogens is 277 g/mol. The summed E-state index contributed by atoms with van der Waals surface area (Å²) < 4.78 is 13.3. The van der Waals surface area contributed by atoms with Crippen LogP contribution in [-0.4, -0.2) is 24.1 Å². The summed E-state index contributed by atoms with van der Waals surface area (Å²) in [6, 6.07) is 14.4. The van der Waals surface area contributed by atoms with Gasteiger partial charge in [-0.2, -0.15) is 4.39 Å². The molecule has 1 aromatic heterocycles. The van der Waals surface area contributed by atoms with Crippen molar-refractivity contribution in [2.45, 2.75) is 6.92 Å². The minimum atomic E-state index is -0.539. The zero-order chi connectivity index (χ0) is 15.9. The first kappa shape index (κ1) is 15.6. The van der Waals surface area contributed by atoms with Gasteiger partial charge in [0, 0.05) is 25.3 Å². The number of aromatic amines is 1. The molecule has 1 N–H and O–H groups in total. The maximum Gasteiger partial charge on any atom is 0.214 e. The quantitative estimate of drug-likeness (QED) is 0.817. The number of hydrogen-bond donors (Lipinski definition) is 1. The molecule has 0 atom stereocenters. The molecule has 22 heavy (non-hydrogen) atoms. The van der Waals surface area contributed by atoms with Crippen LogP contribution in [0.1, 0.15) is 17.1 Å². The van der Waals surface area contributed by atoms with Gasteiger partial charge in [-0.1, -0.05) is 18.1 Å². The summed E-state index contributed by atoms with van der Waals surface area (Å²) >= 11 is 0. The van der Waals surface area contributed by atoms with Crippen molar-refractivity contribution in [2.75, 3.05) is 19.0 Å². The Bertz CT molecular complexity index is 748. The molecular formula is C18H18FN3. The zero-order valence-electron chi connectivity index (χ0n) is 12.9. The summed E-state index contributed by atoms with van der Waals surface area (Å²) in [5, 5.41) is 0. The van der Waals surface area contributed by atoms with Crippen LogP contribution in [-0.2, 0) is 0 Å². The fourth-order valence-electron chi connectivity index (χ4n) is 1.80. The number of benzene rings is 1. The molecule has 0 aliphatic carbocycles. The van der Waals surface area contributed by atoms with E-state index in [1.165, 1.54) is 6.07 Å². The third-order valence-corrected chi connectivity index (χ3v) is 2.92. The molecule has 0 radical (unpaired) electrons. The molecule has 0 saturated carbocycles. The van der Waals surface area contributed by atoms with E-state index in [1.807, 2.05) is 43.3 Å². The number of aryl methyl sites for hydroxylation is 1. The fourth-order valence-corrected chi connectivity index (χ4v) is 1.80. The van der Waals surface area contributed by atoms with Gasteiger partial charge >= 0.3 is 0 Å². The average Bonchev–Trinajstić information content (AvgIpc) is 2.56. The van der Waals surface area contributed by atoms with Gasteiger partial charge in [0.05, 0.1) is 5.69 Å². The Morgan fingerprint density at radius 1 is 1.00 bits per heavy atom. The SMILES string of the molecule is Cc1nc(F)ccccc(C#Cc2ccc(N(C)C)cc2)[nH]1. The zero-order valence-corrected chi connectivity index (χ0v) is 12.9. The van der Waals surface area contributed by atoms with E-state index in [2.05, 4.69) is 21.8 Å². The lowest BCUT2D eigenvalue weighted by atomic mass is 10.2. The van der Waals surface area contributed by atoms with Crippen LogP contribution < -0.4 is 4.90 Å². The number of hydrogen-bond acceptors (Lipinski definition) is 2. The third kappa shape index (κ3) is 4.64. The van der Waals surface area contributed by atoms with Crippen molar-refractivity contribution in [1.82, 2.24) is 9.97 Å². The summed E-state index contributed by atoms with van der Waals surface area (Å²) in [6.45, 7) is 1.69. The predicted octanol–water partition coefficient (Wildman–Crippen LogP) is 3.45. The molecule has 0 fully saturated rings. The van der Waals surface area contributed by atoms with Crippen molar-refractivity contribution in [3.05, 3.63) is 71.6 Å². The highest BCUT2D eigenvalue weighted by Gasteiger charge is 1.93. The van der Waals surface area contributed by atoms with Crippen LogP contribution >= 0.6 is 0 Å². The number of nitrogens with zero attached hydrogens (tertiary/aromatic N) is 2. The van der Waals surface area contributed by atoms with E-state index in [9.17, 15) is 4.39 Å². The Balaban J connectivity index is 2.33. The predicted molar refractivity (Wildman–Crippen MR) is 87.7 cm³/mol. The minimum absolute atomic E-state index is 0.459. The van der Waals surface area contributed by atoms with Crippen LogP contribution in [0.4, 0.5) is 10.1 Å². The van der Waals surface area contributed by atoms with Gasteiger partial charge in [-0.3, -0.25) is 0 Å². The molecule has 3 nitrogen and oxygen atoms in total. The molecule has 0 unspecified atom stereocenters.